The van der Waals surface area contributed by atoms with Gasteiger partial charge in [-0.1, -0.05) is 0 Å². The summed E-state index contributed by atoms with van der Waals surface area (Å²) in [5.41, 5.74) is 3.02. The van der Waals surface area contributed by atoms with Crippen molar-refractivity contribution in [3.63, 3.8) is 0 Å². The molecule has 0 aromatic heterocycles. The number of nitro groups is 2. The van der Waals surface area contributed by atoms with Gasteiger partial charge in [0.2, 0.25) is 18.0 Å². The van der Waals surface area contributed by atoms with Gasteiger partial charge >= 0.3 is 5.97 Å². The third-order valence-electron chi connectivity index (χ3n) is 8.78. The molecule has 0 heterocycles. The second-order valence-corrected chi connectivity index (χ2v) is 11.2. The Hall–Kier alpha value is -2.42. The molecule has 6 unspecified atom stereocenters. The van der Waals surface area contributed by atoms with Gasteiger partial charge in [-0.25, -0.2) is 10.4 Å². The number of nitrogens with zero attached hydrogens (tertiary/aromatic N) is 2. The molecule has 3 saturated carbocycles. The lowest BCUT2D eigenvalue weighted by Gasteiger charge is -2.32. The molecule has 0 aromatic rings. The molecule has 0 aromatic carbocycles. The number of hydrogen-bond acceptors (Lipinski definition) is 10. The molecule has 14 heteroatoms. The molecular formula is C24H40N4O10. The van der Waals surface area contributed by atoms with Crippen LogP contribution in [-0.2, 0) is 19.3 Å². The van der Waals surface area contributed by atoms with Crippen LogP contribution in [0, 0.1) is 55.7 Å². The fourth-order valence-electron chi connectivity index (χ4n) is 6.30. The maximum atomic E-state index is 12.7. The standard InChI is InChI=1S/C24H40N4O10/c29-23(21-8-7-20(28(34)35)10-22(21)24(30)31)25-11-15-1-3-16(4-2-15)12-26-37-13-17-5-6-19(27(32)33)9-18(17)14-38-36/h15-22,26,36H,1-14H2,(H,25,29)(H,30,31). The van der Waals surface area contributed by atoms with Crippen molar-refractivity contribution < 1.29 is 39.5 Å². The van der Waals surface area contributed by atoms with Gasteiger partial charge in [0.15, 0.2) is 0 Å². The van der Waals surface area contributed by atoms with Crippen molar-refractivity contribution in [2.45, 2.75) is 76.3 Å². The number of carbonyl (C=O) groups is 2. The zero-order valence-electron chi connectivity index (χ0n) is 21.6. The average Bonchev–Trinajstić information content (AvgIpc) is 2.90. The number of amides is 1. The molecule has 0 radical (unpaired) electrons. The van der Waals surface area contributed by atoms with E-state index in [9.17, 15) is 34.9 Å². The van der Waals surface area contributed by atoms with Crippen molar-refractivity contribution >= 4 is 11.9 Å². The second kappa shape index (κ2) is 14.7. The fourth-order valence-corrected chi connectivity index (χ4v) is 6.30. The highest BCUT2D eigenvalue weighted by atomic mass is 17.1. The molecule has 0 saturated heterocycles. The Kier molecular flexibility index (Phi) is 11.6. The highest BCUT2D eigenvalue weighted by Crippen LogP contribution is 2.34. The maximum absolute atomic E-state index is 12.7. The smallest absolute Gasteiger partial charge is 0.307 e. The van der Waals surface area contributed by atoms with Crippen LogP contribution in [0.15, 0.2) is 0 Å². The average molecular weight is 545 g/mol. The van der Waals surface area contributed by atoms with Gasteiger partial charge in [-0.3, -0.25) is 35.1 Å². The number of carboxylic acid groups (broad SMARTS) is 1. The zero-order chi connectivity index (χ0) is 27.7. The van der Waals surface area contributed by atoms with Gasteiger partial charge in [-0.2, -0.15) is 0 Å². The van der Waals surface area contributed by atoms with E-state index in [0.717, 1.165) is 25.7 Å². The van der Waals surface area contributed by atoms with E-state index in [0.29, 0.717) is 50.8 Å². The monoisotopic (exact) mass is 544 g/mol. The molecule has 216 valence electrons. The summed E-state index contributed by atoms with van der Waals surface area (Å²) in [6.45, 7) is 1.58. The topological polar surface area (TPSA) is 203 Å². The molecule has 3 aliphatic rings. The SMILES string of the molecule is O=C(O)C1CC([N+](=O)[O-])CCC1C(=O)NCC1CCC(CNOCC2CCC([N+](=O)[O-])CC2COO)CC1. The minimum absolute atomic E-state index is 0.0516. The van der Waals surface area contributed by atoms with Crippen LogP contribution in [0.3, 0.4) is 0 Å². The Bertz CT molecular complexity index is 822. The van der Waals surface area contributed by atoms with Gasteiger partial charge in [-0.15, -0.1) is 0 Å². The summed E-state index contributed by atoms with van der Waals surface area (Å²) >= 11 is 0. The van der Waals surface area contributed by atoms with Gasteiger partial charge < -0.3 is 15.3 Å². The van der Waals surface area contributed by atoms with Gasteiger partial charge in [0.25, 0.3) is 0 Å². The third kappa shape index (κ3) is 8.55. The minimum Gasteiger partial charge on any atom is -0.481 e. The van der Waals surface area contributed by atoms with Crippen molar-refractivity contribution in [2.24, 2.45) is 35.5 Å². The Balaban J connectivity index is 1.31. The summed E-state index contributed by atoms with van der Waals surface area (Å²) in [4.78, 5) is 55.6. The molecule has 14 nitrogen and oxygen atoms in total. The van der Waals surface area contributed by atoms with Crippen LogP contribution in [-0.4, -0.2) is 70.5 Å². The quantitative estimate of drug-likeness (QED) is 0.114. The lowest BCUT2D eigenvalue weighted by atomic mass is 9.76. The summed E-state index contributed by atoms with van der Waals surface area (Å²) in [5, 5.41) is 43.3. The van der Waals surface area contributed by atoms with Crippen LogP contribution in [0.4, 0.5) is 0 Å². The van der Waals surface area contributed by atoms with E-state index in [1.165, 1.54) is 0 Å². The Morgan fingerprint density at radius 2 is 1.39 bits per heavy atom. The highest BCUT2D eigenvalue weighted by molar-refractivity contribution is 5.84. The molecule has 0 aliphatic heterocycles. The van der Waals surface area contributed by atoms with Crippen molar-refractivity contribution in [1.82, 2.24) is 10.8 Å². The van der Waals surface area contributed by atoms with Crippen LogP contribution in [0.2, 0.25) is 0 Å². The number of hydrogen-bond donors (Lipinski definition) is 4. The first-order chi connectivity index (χ1) is 18.2. The number of aliphatic carboxylic acids is 1. The molecule has 0 bridgehead atoms. The van der Waals surface area contributed by atoms with E-state index in [1.807, 2.05) is 0 Å². The molecule has 3 rings (SSSR count). The van der Waals surface area contributed by atoms with Crippen LogP contribution in [0.5, 0.6) is 0 Å². The summed E-state index contributed by atoms with van der Waals surface area (Å²) in [5.74, 6) is -2.61. The van der Waals surface area contributed by atoms with Crippen LogP contribution >= 0.6 is 0 Å². The Morgan fingerprint density at radius 3 is 2.00 bits per heavy atom. The van der Waals surface area contributed by atoms with Gasteiger partial charge in [0.05, 0.1) is 25.0 Å². The first kappa shape index (κ1) is 30.1. The molecular weight excluding hydrogens is 504 g/mol. The first-order valence-electron chi connectivity index (χ1n) is 13.6. The summed E-state index contributed by atoms with van der Waals surface area (Å²) in [6, 6.07) is -1.52. The van der Waals surface area contributed by atoms with Crippen LogP contribution < -0.4 is 10.8 Å². The minimum atomic E-state index is -1.16. The number of nitrogens with one attached hydrogen (secondary N) is 2. The number of rotatable bonds is 13. The Labute approximate surface area is 221 Å². The van der Waals surface area contributed by atoms with Crippen LogP contribution in [0.25, 0.3) is 0 Å². The van der Waals surface area contributed by atoms with E-state index in [4.69, 9.17) is 10.1 Å². The van der Waals surface area contributed by atoms with Gasteiger partial charge in [0, 0.05) is 48.6 Å². The van der Waals surface area contributed by atoms with Gasteiger partial charge in [-0.05, 0) is 62.2 Å². The summed E-state index contributed by atoms with van der Waals surface area (Å²) < 4.78 is 0. The first-order valence-corrected chi connectivity index (χ1v) is 13.6. The molecule has 3 fully saturated rings. The predicted molar refractivity (Wildman–Crippen MR) is 132 cm³/mol. The van der Waals surface area contributed by atoms with Crippen LogP contribution in [0.1, 0.15) is 64.2 Å². The van der Waals surface area contributed by atoms with Crippen molar-refractivity contribution in [1.29, 1.82) is 0 Å². The van der Waals surface area contributed by atoms with E-state index in [2.05, 4.69) is 15.7 Å². The molecule has 3 aliphatic carbocycles. The normalized spacial score (nSPS) is 33.8. The highest BCUT2D eigenvalue weighted by Gasteiger charge is 2.43. The second-order valence-electron chi connectivity index (χ2n) is 11.2. The summed E-state index contributed by atoms with van der Waals surface area (Å²) in [7, 11) is 0. The fraction of sp³-hybridized carbons (Fsp3) is 0.917. The van der Waals surface area contributed by atoms with E-state index in [-0.39, 0.29) is 48.5 Å². The maximum Gasteiger partial charge on any atom is 0.307 e. The zero-order valence-corrected chi connectivity index (χ0v) is 21.6. The number of carboxylic acids is 1. The molecule has 38 heavy (non-hydrogen) atoms. The molecule has 1 amide bonds. The summed E-state index contributed by atoms with van der Waals surface area (Å²) in [6.07, 6.45) is 5.55. The lowest BCUT2D eigenvalue weighted by Crippen LogP contribution is -2.45. The van der Waals surface area contributed by atoms with E-state index >= 15 is 0 Å². The third-order valence-corrected chi connectivity index (χ3v) is 8.78. The van der Waals surface area contributed by atoms with E-state index in [1.54, 1.807) is 0 Å². The molecule has 6 atom stereocenters. The van der Waals surface area contributed by atoms with Crippen molar-refractivity contribution in [3.8, 4) is 0 Å². The van der Waals surface area contributed by atoms with Gasteiger partial charge in [0.1, 0.15) is 0 Å². The number of carbonyl (C=O) groups excluding carboxylic acids is 1. The molecule has 4 N–H and O–H groups in total. The van der Waals surface area contributed by atoms with Crippen molar-refractivity contribution in [3.05, 3.63) is 20.2 Å². The molecule has 0 spiro atoms. The van der Waals surface area contributed by atoms with Crippen molar-refractivity contribution in [2.75, 3.05) is 26.3 Å². The Morgan fingerprint density at radius 1 is 0.789 bits per heavy atom. The largest absolute Gasteiger partial charge is 0.481 e. The lowest BCUT2D eigenvalue weighted by molar-refractivity contribution is -0.529. The van der Waals surface area contributed by atoms with E-state index < -0.39 is 34.8 Å². The predicted octanol–water partition coefficient (Wildman–Crippen LogP) is 2.13. The number of hydroxylamine groups is 1.